The number of amides is 4. The topological polar surface area (TPSA) is 94.7 Å². The predicted molar refractivity (Wildman–Crippen MR) is 133 cm³/mol. The lowest BCUT2D eigenvalue weighted by atomic mass is 9.85. The molecule has 1 N–H and O–H groups in total. The molecule has 10 heteroatoms. The van der Waals surface area contributed by atoms with E-state index in [1.807, 2.05) is 48.5 Å². The molecule has 1 spiro atoms. The fourth-order valence-electron chi connectivity index (χ4n) is 5.15. The first kappa shape index (κ1) is 23.8. The van der Waals surface area contributed by atoms with Gasteiger partial charge in [-0.15, -0.1) is 0 Å². The zero-order valence-electron chi connectivity index (χ0n) is 20.6. The highest BCUT2D eigenvalue weighted by Gasteiger charge is 2.54. The van der Waals surface area contributed by atoms with Crippen LogP contribution in [0.2, 0.25) is 0 Å². The predicted octanol–water partition coefficient (Wildman–Crippen LogP) is 1.85. The molecule has 2 fully saturated rings. The largest absolute Gasteiger partial charge is 0.454 e. The Morgan fingerprint density at radius 2 is 1.75 bits per heavy atom. The summed E-state index contributed by atoms with van der Waals surface area (Å²) in [7, 11) is 3.46. The summed E-state index contributed by atoms with van der Waals surface area (Å²) in [6.45, 7) is 1.78. The molecule has 0 atom stereocenters. The maximum absolute atomic E-state index is 13.8. The zero-order valence-corrected chi connectivity index (χ0v) is 20.6. The van der Waals surface area contributed by atoms with E-state index in [0.717, 1.165) is 11.3 Å². The van der Waals surface area contributed by atoms with Crippen LogP contribution in [0.25, 0.3) is 0 Å². The second kappa shape index (κ2) is 9.60. The normalized spacial score (nSPS) is 18.1. The molecule has 0 bridgehead atoms. The van der Waals surface area contributed by atoms with Crippen LogP contribution < -0.4 is 19.7 Å². The van der Waals surface area contributed by atoms with Gasteiger partial charge in [-0.3, -0.25) is 9.59 Å². The molecule has 0 aromatic heterocycles. The van der Waals surface area contributed by atoms with Crippen LogP contribution >= 0.6 is 0 Å². The van der Waals surface area contributed by atoms with Gasteiger partial charge in [0.15, 0.2) is 11.5 Å². The van der Waals surface area contributed by atoms with E-state index in [-0.39, 0.29) is 31.2 Å². The van der Waals surface area contributed by atoms with Gasteiger partial charge < -0.3 is 34.4 Å². The highest BCUT2D eigenvalue weighted by atomic mass is 16.7. The van der Waals surface area contributed by atoms with Crippen LogP contribution in [0.3, 0.4) is 0 Å². The fraction of sp³-hybridized carbons (Fsp3) is 0.423. The molecule has 190 valence electrons. The molecule has 5 rings (SSSR count). The van der Waals surface area contributed by atoms with Crippen molar-refractivity contribution < 1.29 is 23.9 Å². The molecule has 10 nitrogen and oxygen atoms in total. The summed E-state index contributed by atoms with van der Waals surface area (Å²) in [5, 5.41) is 2.91. The van der Waals surface area contributed by atoms with E-state index in [1.165, 1.54) is 0 Å². The van der Waals surface area contributed by atoms with E-state index in [4.69, 9.17) is 9.47 Å². The number of hydrogen-bond acceptors (Lipinski definition) is 6. The average Bonchev–Trinajstić information content (AvgIpc) is 3.46. The van der Waals surface area contributed by atoms with E-state index >= 15 is 0 Å². The third kappa shape index (κ3) is 4.38. The minimum Gasteiger partial charge on any atom is -0.454 e. The monoisotopic (exact) mass is 493 g/mol. The lowest BCUT2D eigenvalue weighted by Crippen LogP contribution is -2.58. The van der Waals surface area contributed by atoms with Gasteiger partial charge in [0.25, 0.3) is 5.91 Å². The van der Waals surface area contributed by atoms with Crippen molar-refractivity contribution in [3.63, 3.8) is 0 Å². The van der Waals surface area contributed by atoms with Crippen molar-refractivity contribution in [2.24, 2.45) is 0 Å². The SMILES string of the molecule is CN(C)C(=O)N1CCC2(CC1)C(=O)N(CC(=O)NCc1ccc3c(c1)OCO3)CN2c1ccccc1. The molecule has 2 aromatic rings. The van der Waals surface area contributed by atoms with E-state index in [1.54, 1.807) is 28.8 Å². The van der Waals surface area contributed by atoms with Gasteiger partial charge in [0.1, 0.15) is 12.1 Å². The van der Waals surface area contributed by atoms with Crippen molar-refractivity contribution >= 4 is 23.5 Å². The molecule has 3 aliphatic rings. The lowest BCUT2D eigenvalue weighted by molar-refractivity contribution is -0.137. The molecule has 2 saturated heterocycles. The summed E-state index contributed by atoms with van der Waals surface area (Å²) in [4.78, 5) is 46.1. The van der Waals surface area contributed by atoms with Crippen LogP contribution in [0.1, 0.15) is 18.4 Å². The number of urea groups is 1. The van der Waals surface area contributed by atoms with Crippen LogP contribution in [0.15, 0.2) is 48.5 Å². The average molecular weight is 494 g/mol. The number of likely N-dealkylation sites (tertiary alicyclic amines) is 1. The Hall–Kier alpha value is -3.95. The van der Waals surface area contributed by atoms with E-state index in [2.05, 4.69) is 10.2 Å². The third-order valence-corrected chi connectivity index (χ3v) is 7.09. The van der Waals surface area contributed by atoms with Crippen molar-refractivity contribution in [1.82, 2.24) is 20.0 Å². The van der Waals surface area contributed by atoms with Crippen molar-refractivity contribution in [1.29, 1.82) is 0 Å². The zero-order chi connectivity index (χ0) is 25.3. The highest BCUT2D eigenvalue weighted by molar-refractivity contribution is 5.96. The number of carbonyl (C=O) groups excluding carboxylic acids is 3. The van der Waals surface area contributed by atoms with E-state index in [9.17, 15) is 14.4 Å². The highest BCUT2D eigenvalue weighted by Crippen LogP contribution is 2.39. The molecule has 3 heterocycles. The van der Waals surface area contributed by atoms with Crippen molar-refractivity contribution in [2.45, 2.75) is 24.9 Å². The van der Waals surface area contributed by atoms with Crippen LogP contribution in [-0.2, 0) is 16.1 Å². The number of carbonyl (C=O) groups is 3. The Kier molecular flexibility index (Phi) is 6.34. The molecule has 36 heavy (non-hydrogen) atoms. The summed E-state index contributed by atoms with van der Waals surface area (Å²) >= 11 is 0. The van der Waals surface area contributed by atoms with Gasteiger partial charge in [-0.25, -0.2) is 4.79 Å². The Balaban J connectivity index is 1.27. The van der Waals surface area contributed by atoms with Gasteiger partial charge in [-0.2, -0.15) is 0 Å². The number of nitrogens with one attached hydrogen (secondary N) is 1. The number of hydrogen-bond donors (Lipinski definition) is 1. The first-order chi connectivity index (χ1) is 17.4. The maximum atomic E-state index is 13.8. The van der Waals surface area contributed by atoms with Crippen molar-refractivity contribution in [2.75, 3.05) is 52.1 Å². The number of benzene rings is 2. The molecular weight excluding hydrogens is 462 g/mol. The molecule has 3 aliphatic heterocycles. The number of fused-ring (bicyclic) bond motifs is 1. The molecular formula is C26H31N5O5. The molecule has 0 unspecified atom stereocenters. The lowest BCUT2D eigenvalue weighted by Gasteiger charge is -2.43. The summed E-state index contributed by atoms with van der Waals surface area (Å²) < 4.78 is 10.7. The van der Waals surface area contributed by atoms with E-state index < -0.39 is 5.54 Å². The molecule has 0 radical (unpaired) electrons. The molecule has 4 amide bonds. The van der Waals surface area contributed by atoms with Crippen LogP contribution in [0.5, 0.6) is 11.5 Å². The third-order valence-electron chi connectivity index (χ3n) is 7.09. The Labute approximate surface area is 210 Å². The number of nitrogens with zero attached hydrogens (tertiary/aromatic N) is 4. The Morgan fingerprint density at radius 1 is 1.03 bits per heavy atom. The molecule has 2 aromatic carbocycles. The summed E-state index contributed by atoms with van der Waals surface area (Å²) in [6.07, 6.45) is 1.02. The first-order valence-electron chi connectivity index (χ1n) is 12.1. The maximum Gasteiger partial charge on any atom is 0.319 e. The Bertz CT molecular complexity index is 1150. The van der Waals surface area contributed by atoms with E-state index in [0.29, 0.717) is 50.6 Å². The van der Waals surface area contributed by atoms with Crippen LogP contribution in [0.4, 0.5) is 10.5 Å². The van der Waals surface area contributed by atoms with Gasteiger partial charge in [0.05, 0.1) is 6.67 Å². The minimum absolute atomic E-state index is 0.0329. The summed E-state index contributed by atoms with van der Waals surface area (Å²) in [5.41, 5.74) is 1.05. The van der Waals surface area contributed by atoms with Crippen molar-refractivity contribution in [3.05, 3.63) is 54.1 Å². The van der Waals surface area contributed by atoms with Gasteiger partial charge in [-0.05, 0) is 42.7 Å². The molecule has 0 aliphatic carbocycles. The number of rotatable bonds is 5. The van der Waals surface area contributed by atoms with Gasteiger partial charge in [0.2, 0.25) is 12.7 Å². The van der Waals surface area contributed by atoms with Gasteiger partial charge >= 0.3 is 6.03 Å². The number of piperidine rings is 1. The molecule has 0 saturated carbocycles. The van der Waals surface area contributed by atoms with Crippen LogP contribution in [0, 0.1) is 0 Å². The first-order valence-corrected chi connectivity index (χ1v) is 12.1. The number of para-hydroxylation sites is 1. The fourth-order valence-corrected chi connectivity index (χ4v) is 5.15. The smallest absolute Gasteiger partial charge is 0.319 e. The van der Waals surface area contributed by atoms with Gasteiger partial charge in [0, 0.05) is 39.4 Å². The second-order valence-corrected chi connectivity index (χ2v) is 9.57. The summed E-state index contributed by atoms with van der Waals surface area (Å²) in [6, 6.07) is 15.3. The second-order valence-electron chi connectivity index (χ2n) is 9.57. The van der Waals surface area contributed by atoms with Gasteiger partial charge in [-0.1, -0.05) is 24.3 Å². The summed E-state index contributed by atoms with van der Waals surface area (Å²) in [5.74, 6) is 1.06. The quantitative estimate of drug-likeness (QED) is 0.683. The number of ether oxygens (including phenoxy) is 2. The number of anilines is 1. The minimum atomic E-state index is -0.776. The van der Waals surface area contributed by atoms with Crippen molar-refractivity contribution in [3.8, 4) is 11.5 Å². The standard InChI is InChI=1S/C26H31N5O5/c1-28(2)25(34)29-12-10-26(11-13-29)24(33)30(17-31(26)20-6-4-3-5-7-20)16-23(32)27-15-19-8-9-21-22(14-19)36-18-35-21/h3-9,14H,10-13,15-18H2,1-2H3,(H,27,32). The Morgan fingerprint density at radius 3 is 2.47 bits per heavy atom. The van der Waals surface area contributed by atoms with Crippen LogP contribution in [-0.4, -0.2) is 85.3 Å².